The van der Waals surface area contributed by atoms with Crippen LogP contribution in [-0.4, -0.2) is 21.6 Å². The first-order chi connectivity index (χ1) is 13.7. The molecule has 1 aromatic heterocycles. The smallest absolute Gasteiger partial charge is 0.259 e. The van der Waals surface area contributed by atoms with Crippen molar-refractivity contribution in [3.8, 4) is 5.69 Å². The van der Waals surface area contributed by atoms with Crippen LogP contribution in [0.25, 0.3) is 5.69 Å². The highest BCUT2D eigenvalue weighted by Crippen LogP contribution is 2.22. The van der Waals surface area contributed by atoms with Gasteiger partial charge in [0.1, 0.15) is 0 Å². The predicted octanol–water partition coefficient (Wildman–Crippen LogP) is 4.73. The van der Waals surface area contributed by atoms with E-state index in [-0.39, 0.29) is 11.8 Å². The van der Waals surface area contributed by atoms with Crippen molar-refractivity contribution in [2.24, 2.45) is 5.41 Å². The first-order valence-corrected chi connectivity index (χ1v) is 9.51. The van der Waals surface area contributed by atoms with Crippen molar-refractivity contribution in [1.82, 2.24) is 9.78 Å². The summed E-state index contributed by atoms with van der Waals surface area (Å²) < 4.78 is 1.77. The number of aryl methyl sites for hydroxylation is 1. The van der Waals surface area contributed by atoms with Gasteiger partial charge in [-0.05, 0) is 44.2 Å². The van der Waals surface area contributed by atoms with Gasteiger partial charge in [-0.1, -0.05) is 45.0 Å². The SMILES string of the molecule is Cc1nn(-c2ccccc2)c(C)c1C(=O)Nc1cccc(NC(=O)C(C)(C)C)c1. The van der Waals surface area contributed by atoms with Crippen LogP contribution >= 0.6 is 0 Å². The van der Waals surface area contributed by atoms with Gasteiger partial charge in [-0.2, -0.15) is 5.10 Å². The number of hydrogen-bond acceptors (Lipinski definition) is 3. The molecule has 0 aliphatic rings. The molecule has 0 saturated carbocycles. The lowest BCUT2D eigenvalue weighted by Crippen LogP contribution is -2.27. The second-order valence-corrected chi connectivity index (χ2v) is 8.03. The van der Waals surface area contributed by atoms with Gasteiger partial charge in [0.15, 0.2) is 0 Å². The number of benzene rings is 2. The van der Waals surface area contributed by atoms with Gasteiger partial charge < -0.3 is 10.6 Å². The van der Waals surface area contributed by atoms with Gasteiger partial charge in [0.2, 0.25) is 5.91 Å². The predicted molar refractivity (Wildman–Crippen MR) is 116 cm³/mol. The van der Waals surface area contributed by atoms with E-state index in [2.05, 4.69) is 15.7 Å². The first-order valence-electron chi connectivity index (χ1n) is 9.51. The molecule has 29 heavy (non-hydrogen) atoms. The Morgan fingerprint density at radius 2 is 1.52 bits per heavy atom. The lowest BCUT2D eigenvalue weighted by atomic mass is 9.95. The zero-order valence-electron chi connectivity index (χ0n) is 17.4. The van der Waals surface area contributed by atoms with E-state index >= 15 is 0 Å². The van der Waals surface area contributed by atoms with E-state index in [9.17, 15) is 9.59 Å². The molecule has 0 radical (unpaired) electrons. The summed E-state index contributed by atoms with van der Waals surface area (Å²) in [7, 11) is 0. The summed E-state index contributed by atoms with van der Waals surface area (Å²) in [6.07, 6.45) is 0. The lowest BCUT2D eigenvalue weighted by Gasteiger charge is -2.18. The van der Waals surface area contributed by atoms with Gasteiger partial charge in [-0.3, -0.25) is 9.59 Å². The molecule has 150 valence electrons. The first kappa shape index (κ1) is 20.3. The van der Waals surface area contributed by atoms with E-state index in [0.717, 1.165) is 11.4 Å². The molecule has 0 aliphatic heterocycles. The van der Waals surface area contributed by atoms with Crippen LogP contribution in [0.4, 0.5) is 11.4 Å². The molecule has 0 atom stereocenters. The fraction of sp³-hybridized carbons (Fsp3) is 0.261. The van der Waals surface area contributed by atoms with Crippen LogP contribution in [0, 0.1) is 19.3 Å². The Hall–Kier alpha value is -3.41. The number of nitrogens with zero attached hydrogens (tertiary/aromatic N) is 2. The molecule has 0 bridgehead atoms. The second-order valence-electron chi connectivity index (χ2n) is 8.03. The molecule has 0 aliphatic carbocycles. The fourth-order valence-corrected chi connectivity index (χ4v) is 2.98. The van der Waals surface area contributed by atoms with Crippen molar-refractivity contribution in [3.05, 3.63) is 71.5 Å². The average Bonchev–Trinajstić information content (AvgIpc) is 2.96. The van der Waals surface area contributed by atoms with Crippen molar-refractivity contribution >= 4 is 23.2 Å². The van der Waals surface area contributed by atoms with Gasteiger partial charge in [0.25, 0.3) is 5.91 Å². The number of para-hydroxylation sites is 1. The Morgan fingerprint density at radius 3 is 2.14 bits per heavy atom. The van der Waals surface area contributed by atoms with Gasteiger partial charge >= 0.3 is 0 Å². The number of hydrogen-bond donors (Lipinski definition) is 2. The molecule has 0 saturated heterocycles. The van der Waals surface area contributed by atoms with Gasteiger partial charge in [0, 0.05) is 16.8 Å². The molecule has 6 heteroatoms. The molecule has 0 fully saturated rings. The highest BCUT2D eigenvalue weighted by Gasteiger charge is 2.22. The van der Waals surface area contributed by atoms with Crippen LogP contribution in [0.5, 0.6) is 0 Å². The van der Waals surface area contributed by atoms with Gasteiger partial charge in [-0.25, -0.2) is 4.68 Å². The van der Waals surface area contributed by atoms with Crippen LogP contribution in [0.1, 0.15) is 42.5 Å². The minimum atomic E-state index is -0.500. The summed E-state index contributed by atoms with van der Waals surface area (Å²) in [5.41, 5.74) is 3.60. The number of rotatable bonds is 4. The molecule has 3 rings (SSSR count). The third kappa shape index (κ3) is 4.54. The largest absolute Gasteiger partial charge is 0.326 e. The van der Waals surface area contributed by atoms with Crippen molar-refractivity contribution < 1.29 is 9.59 Å². The molecule has 2 amide bonds. The minimum Gasteiger partial charge on any atom is -0.326 e. The Bertz CT molecular complexity index is 1050. The minimum absolute atomic E-state index is 0.0863. The normalized spacial score (nSPS) is 11.2. The number of carbonyl (C=O) groups excluding carboxylic acids is 2. The summed E-state index contributed by atoms with van der Waals surface area (Å²) in [5, 5.41) is 10.3. The van der Waals surface area contributed by atoms with Crippen molar-refractivity contribution in [2.45, 2.75) is 34.6 Å². The Kier molecular flexibility index (Phi) is 5.55. The maximum Gasteiger partial charge on any atom is 0.259 e. The molecule has 6 nitrogen and oxygen atoms in total. The monoisotopic (exact) mass is 390 g/mol. The molecule has 2 aromatic carbocycles. The molecular formula is C23H26N4O2. The van der Waals surface area contributed by atoms with Gasteiger partial charge in [0.05, 0.1) is 22.6 Å². The molecule has 0 unspecified atom stereocenters. The summed E-state index contributed by atoms with van der Waals surface area (Å²) in [4.78, 5) is 25.1. The van der Waals surface area contributed by atoms with Gasteiger partial charge in [-0.15, -0.1) is 0 Å². The Balaban J connectivity index is 1.82. The number of anilines is 2. The van der Waals surface area contributed by atoms with Crippen LogP contribution in [-0.2, 0) is 4.79 Å². The standard InChI is InChI=1S/C23H26N4O2/c1-15-20(16(2)27(26-15)19-12-7-6-8-13-19)21(28)24-17-10-9-11-18(14-17)25-22(29)23(3,4)5/h6-14H,1-5H3,(H,24,28)(H,25,29). The highest BCUT2D eigenvalue weighted by atomic mass is 16.2. The van der Waals surface area contributed by atoms with Crippen molar-refractivity contribution in [2.75, 3.05) is 10.6 Å². The zero-order chi connectivity index (χ0) is 21.2. The summed E-state index contributed by atoms with van der Waals surface area (Å²) in [6, 6.07) is 16.8. The lowest BCUT2D eigenvalue weighted by molar-refractivity contribution is -0.123. The zero-order valence-corrected chi connectivity index (χ0v) is 17.4. The third-order valence-corrected chi connectivity index (χ3v) is 4.58. The summed E-state index contributed by atoms with van der Waals surface area (Å²) in [5.74, 6) is -0.321. The van der Waals surface area contributed by atoms with Crippen LogP contribution in [0.15, 0.2) is 54.6 Å². The van der Waals surface area contributed by atoms with Crippen LogP contribution in [0.3, 0.4) is 0 Å². The second kappa shape index (κ2) is 7.91. The molecule has 1 heterocycles. The maximum absolute atomic E-state index is 12.9. The Labute approximate surface area is 170 Å². The van der Waals surface area contributed by atoms with E-state index in [1.807, 2.05) is 65.0 Å². The van der Waals surface area contributed by atoms with E-state index < -0.39 is 5.41 Å². The van der Waals surface area contributed by atoms with E-state index in [4.69, 9.17) is 0 Å². The van der Waals surface area contributed by atoms with E-state index in [1.165, 1.54) is 0 Å². The maximum atomic E-state index is 12.9. The number of aromatic nitrogens is 2. The molecule has 0 spiro atoms. The van der Waals surface area contributed by atoms with Crippen LogP contribution < -0.4 is 10.6 Å². The fourth-order valence-electron chi connectivity index (χ4n) is 2.98. The van der Waals surface area contributed by atoms with Crippen LogP contribution in [0.2, 0.25) is 0 Å². The average molecular weight is 390 g/mol. The summed E-state index contributed by atoms with van der Waals surface area (Å²) in [6.45, 7) is 9.25. The Morgan fingerprint density at radius 1 is 0.897 bits per heavy atom. The topological polar surface area (TPSA) is 76.0 Å². The number of nitrogens with one attached hydrogen (secondary N) is 2. The van der Waals surface area contributed by atoms with Crippen molar-refractivity contribution in [1.29, 1.82) is 0 Å². The molecule has 2 N–H and O–H groups in total. The number of carbonyl (C=O) groups is 2. The van der Waals surface area contributed by atoms with Crippen molar-refractivity contribution in [3.63, 3.8) is 0 Å². The molecular weight excluding hydrogens is 364 g/mol. The highest BCUT2D eigenvalue weighted by molar-refractivity contribution is 6.06. The molecule has 3 aromatic rings. The number of amides is 2. The van der Waals surface area contributed by atoms with E-state index in [0.29, 0.717) is 22.6 Å². The third-order valence-electron chi connectivity index (χ3n) is 4.58. The quantitative estimate of drug-likeness (QED) is 0.676. The summed E-state index contributed by atoms with van der Waals surface area (Å²) >= 11 is 0. The van der Waals surface area contributed by atoms with E-state index in [1.54, 1.807) is 28.9 Å².